The third-order valence-corrected chi connectivity index (χ3v) is 4.12. The van der Waals surface area contributed by atoms with E-state index in [1.807, 2.05) is 7.05 Å². The zero-order valence-electron chi connectivity index (χ0n) is 8.89. The molecular weight excluding hydrogens is 212 g/mol. The summed E-state index contributed by atoms with van der Waals surface area (Å²) >= 11 is 1.54. The Morgan fingerprint density at radius 2 is 2.13 bits per heavy atom. The first kappa shape index (κ1) is 10.9. The standard InChI is InChI=1S/C9H16N4OS/c1-13-8(10-11-12-13)15-7-9(14)5-3-2-4-6-9/h14H,2-7H2,1H3. The molecule has 0 spiro atoms. The Hall–Kier alpha value is -0.620. The maximum absolute atomic E-state index is 10.3. The van der Waals surface area contributed by atoms with Gasteiger partial charge in [0.25, 0.3) is 0 Å². The fourth-order valence-corrected chi connectivity index (χ4v) is 2.90. The van der Waals surface area contributed by atoms with Crippen LogP contribution in [0, 0.1) is 0 Å². The summed E-state index contributed by atoms with van der Waals surface area (Å²) in [4.78, 5) is 0. The minimum absolute atomic E-state index is 0.505. The largest absolute Gasteiger partial charge is 0.389 e. The maximum atomic E-state index is 10.3. The predicted molar refractivity (Wildman–Crippen MR) is 57.6 cm³/mol. The number of thioether (sulfide) groups is 1. The Morgan fingerprint density at radius 3 is 2.73 bits per heavy atom. The van der Waals surface area contributed by atoms with E-state index >= 15 is 0 Å². The Balaban J connectivity index is 1.89. The van der Waals surface area contributed by atoms with E-state index in [-0.39, 0.29) is 0 Å². The van der Waals surface area contributed by atoms with Gasteiger partial charge in [-0.25, -0.2) is 4.68 Å². The monoisotopic (exact) mass is 228 g/mol. The quantitative estimate of drug-likeness (QED) is 0.782. The average Bonchev–Trinajstić information content (AvgIpc) is 2.62. The number of hydrogen-bond donors (Lipinski definition) is 1. The number of aliphatic hydroxyl groups is 1. The molecular formula is C9H16N4OS. The van der Waals surface area contributed by atoms with Crippen molar-refractivity contribution in [3.05, 3.63) is 0 Å². The van der Waals surface area contributed by atoms with E-state index in [0.29, 0.717) is 5.75 Å². The number of hydrogen-bond acceptors (Lipinski definition) is 5. The van der Waals surface area contributed by atoms with Gasteiger partial charge in [-0.1, -0.05) is 31.0 Å². The molecule has 1 aromatic rings. The van der Waals surface area contributed by atoms with Gasteiger partial charge in [0.15, 0.2) is 0 Å². The van der Waals surface area contributed by atoms with Gasteiger partial charge in [0.1, 0.15) is 0 Å². The van der Waals surface area contributed by atoms with Gasteiger partial charge >= 0.3 is 0 Å². The zero-order valence-corrected chi connectivity index (χ0v) is 9.70. The van der Waals surface area contributed by atoms with Crippen molar-refractivity contribution in [1.29, 1.82) is 0 Å². The van der Waals surface area contributed by atoms with Gasteiger partial charge in [-0.15, -0.1) is 5.10 Å². The SMILES string of the molecule is Cn1nnnc1SCC1(O)CCCCC1. The second kappa shape index (κ2) is 4.49. The molecule has 1 saturated carbocycles. The summed E-state index contributed by atoms with van der Waals surface area (Å²) in [5.41, 5.74) is -0.505. The van der Waals surface area contributed by atoms with Gasteiger partial charge in [0.2, 0.25) is 5.16 Å². The van der Waals surface area contributed by atoms with Crippen LogP contribution in [0.25, 0.3) is 0 Å². The van der Waals surface area contributed by atoms with Crippen molar-refractivity contribution >= 4 is 11.8 Å². The van der Waals surface area contributed by atoms with Crippen LogP contribution in [0.5, 0.6) is 0 Å². The molecule has 84 valence electrons. The highest BCUT2D eigenvalue weighted by molar-refractivity contribution is 7.99. The summed E-state index contributed by atoms with van der Waals surface area (Å²) in [5, 5.41) is 22.2. The second-order valence-electron chi connectivity index (χ2n) is 4.16. The topological polar surface area (TPSA) is 63.8 Å². The average molecular weight is 228 g/mol. The molecule has 0 aromatic carbocycles. The number of rotatable bonds is 3. The molecule has 0 amide bonds. The van der Waals surface area contributed by atoms with Crippen LogP contribution in [0.3, 0.4) is 0 Å². The minimum atomic E-state index is -0.505. The fourth-order valence-electron chi connectivity index (χ4n) is 1.90. The summed E-state index contributed by atoms with van der Waals surface area (Å²) in [7, 11) is 1.81. The Labute approximate surface area is 93.2 Å². The normalized spacial score (nSPS) is 20.4. The van der Waals surface area contributed by atoms with E-state index in [2.05, 4.69) is 15.5 Å². The predicted octanol–water partition coefficient (Wildman–Crippen LogP) is 0.997. The number of tetrazole rings is 1. The molecule has 0 aliphatic heterocycles. The van der Waals surface area contributed by atoms with Gasteiger partial charge in [0.05, 0.1) is 5.60 Å². The summed E-state index contributed by atoms with van der Waals surface area (Å²) in [6.07, 6.45) is 5.33. The van der Waals surface area contributed by atoms with Crippen molar-refractivity contribution in [2.45, 2.75) is 42.9 Å². The molecule has 1 aliphatic rings. The highest BCUT2D eigenvalue weighted by Gasteiger charge is 2.29. The molecule has 2 rings (SSSR count). The van der Waals surface area contributed by atoms with Gasteiger partial charge in [-0.2, -0.15) is 0 Å². The minimum Gasteiger partial charge on any atom is -0.389 e. The fraction of sp³-hybridized carbons (Fsp3) is 0.889. The summed E-state index contributed by atoms with van der Waals surface area (Å²) < 4.78 is 1.64. The van der Waals surface area contributed by atoms with Crippen LogP contribution in [0.4, 0.5) is 0 Å². The first-order valence-corrected chi connectivity index (χ1v) is 6.26. The number of nitrogens with zero attached hydrogens (tertiary/aromatic N) is 4. The second-order valence-corrected chi connectivity index (χ2v) is 5.10. The van der Waals surface area contributed by atoms with Gasteiger partial charge in [0, 0.05) is 12.8 Å². The van der Waals surface area contributed by atoms with E-state index in [4.69, 9.17) is 0 Å². The molecule has 1 aromatic heterocycles. The molecule has 1 heterocycles. The highest BCUT2D eigenvalue weighted by atomic mass is 32.2. The van der Waals surface area contributed by atoms with Crippen molar-refractivity contribution in [3.8, 4) is 0 Å². The zero-order chi connectivity index (χ0) is 10.7. The van der Waals surface area contributed by atoms with Crippen molar-refractivity contribution in [2.24, 2.45) is 7.05 Å². The lowest BCUT2D eigenvalue weighted by Gasteiger charge is -2.31. The molecule has 15 heavy (non-hydrogen) atoms. The van der Waals surface area contributed by atoms with Crippen molar-refractivity contribution < 1.29 is 5.11 Å². The molecule has 0 radical (unpaired) electrons. The van der Waals surface area contributed by atoms with Crippen molar-refractivity contribution in [3.63, 3.8) is 0 Å². The van der Waals surface area contributed by atoms with Gasteiger partial charge in [-0.3, -0.25) is 0 Å². The van der Waals surface area contributed by atoms with Crippen molar-refractivity contribution in [2.75, 3.05) is 5.75 Å². The first-order valence-electron chi connectivity index (χ1n) is 5.27. The summed E-state index contributed by atoms with van der Waals surface area (Å²) in [6.45, 7) is 0. The van der Waals surface area contributed by atoms with Crippen LogP contribution in [0.15, 0.2) is 5.16 Å². The third kappa shape index (κ3) is 2.69. The Bertz CT molecular complexity index is 322. The molecule has 0 atom stereocenters. The van der Waals surface area contributed by atoms with Crippen LogP contribution < -0.4 is 0 Å². The lowest BCUT2D eigenvalue weighted by atomic mass is 9.86. The Kier molecular flexibility index (Phi) is 3.25. The van der Waals surface area contributed by atoms with Crippen LogP contribution in [0.1, 0.15) is 32.1 Å². The van der Waals surface area contributed by atoms with Crippen LogP contribution >= 0.6 is 11.8 Å². The van der Waals surface area contributed by atoms with Crippen molar-refractivity contribution in [1.82, 2.24) is 20.2 Å². The number of aromatic nitrogens is 4. The van der Waals surface area contributed by atoms with Crippen LogP contribution in [0.2, 0.25) is 0 Å². The maximum Gasteiger partial charge on any atom is 0.209 e. The smallest absolute Gasteiger partial charge is 0.209 e. The summed E-state index contributed by atoms with van der Waals surface area (Å²) in [5.74, 6) is 0.696. The van der Waals surface area contributed by atoms with Gasteiger partial charge < -0.3 is 5.11 Å². The first-order chi connectivity index (χ1) is 7.20. The molecule has 5 nitrogen and oxygen atoms in total. The Morgan fingerprint density at radius 1 is 1.40 bits per heavy atom. The van der Waals surface area contributed by atoms with E-state index < -0.39 is 5.60 Å². The molecule has 6 heteroatoms. The molecule has 1 N–H and O–H groups in total. The van der Waals surface area contributed by atoms with Gasteiger partial charge in [-0.05, 0) is 23.3 Å². The number of aryl methyl sites for hydroxylation is 1. The molecule has 0 bridgehead atoms. The highest BCUT2D eigenvalue weighted by Crippen LogP contribution is 2.32. The lowest BCUT2D eigenvalue weighted by Crippen LogP contribution is -2.34. The molecule has 1 fully saturated rings. The lowest BCUT2D eigenvalue weighted by molar-refractivity contribution is 0.0272. The van der Waals surface area contributed by atoms with Crippen LogP contribution in [-0.4, -0.2) is 36.7 Å². The summed E-state index contributed by atoms with van der Waals surface area (Å²) in [6, 6.07) is 0. The van der Waals surface area contributed by atoms with Crippen LogP contribution in [-0.2, 0) is 7.05 Å². The molecule has 0 unspecified atom stereocenters. The van der Waals surface area contributed by atoms with E-state index in [1.54, 1.807) is 4.68 Å². The third-order valence-electron chi connectivity index (χ3n) is 2.84. The molecule has 1 aliphatic carbocycles. The molecule has 0 saturated heterocycles. The van der Waals surface area contributed by atoms with E-state index in [0.717, 1.165) is 30.8 Å². The van der Waals surface area contributed by atoms with E-state index in [9.17, 15) is 5.11 Å². The van der Waals surface area contributed by atoms with E-state index in [1.165, 1.54) is 18.2 Å².